The molecule has 0 aliphatic carbocycles. The highest BCUT2D eigenvalue weighted by molar-refractivity contribution is 5.99. The Kier molecular flexibility index (Phi) is 4.65. The van der Waals surface area contributed by atoms with Gasteiger partial charge in [-0.3, -0.25) is 9.59 Å². The number of rotatable bonds is 5. The van der Waals surface area contributed by atoms with Crippen LogP contribution in [0, 0.1) is 6.92 Å². The largest absolute Gasteiger partial charge is 0.497 e. The second-order valence-corrected chi connectivity index (χ2v) is 6.93. The lowest BCUT2D eigenvalue weighted by Gasteiger charge is -2.25. The predicted molar refractivity (Wildman–Crippen MR) is 105 cm³/mol. The van der Waals surface area contributed by atoms with Gasteiger partial charge in [0.1, 0.15) is 11.3 Å². The van der Waals surface area contributed by atoms with E-state index in [-0.39, 0.29) is 23.7 Å². The molecular formula is C22H21NO5. The number of nitrogens with zero attached hydrogens (tertiary/aromatic N) is 1. The number of fused-ring (bicyclic) bond motifs is 2. The van der Waals surface area contributed by atoms with Gasteiger partial charge in [0.2, 0.25) is 5.76 Å². The van der Waals surface area contributed by atoms with Crippen molar-refractivity contribution in [3.05, 3.63) is 75.1 Å². The second-order valence-electron chi connectivity index (χ2n) is 6.93. The number of hydrogen-bond acceptors (Lipinski definition) is 5. The molecule has 2 heterocycles. The average molecular weight is 379 g/mol. The number of aliphatic hydroxyl groups excluding tert-OH is 1. The van der Waals surface area contributed by atoms with Crippen LogP contribution in [-0.4, -0.2) is 36.2 Å². The molecule has 2 aromatic carbocycles. The van der Waals surface area contributed by atoms with E-state index >= 15 is 0 Å². The Hall–Kier alpha value is -3.12. The van der Waals surface area contributed by atoms with Crippen molar-refractivity contribution in [1.29, 1.82) is 0 Å². The highest BCUT2D eigenvalue weighted by atomic mass is 16.5. The minimum Gasteiger partial charge on any atom is -0.497 e. The van der Waals surface area contributed by atoms with Gasteiger partial charge in [0, 0.05) is 13.2 Å². The summed E-state index contributed by atoms with van der Waals surface area (Å²) in [6.45, 7) is 2.19. The van der Waals surface area contributed by atoms with Crippen molar-refractivity contribution in [3.63, 3.8) is 0 Å². The van der Waals surface area contributed by atoms with E-state index in [1.165, 1.54) is 0 Å². The first-order chi connectivity index (χ1) is 13.5. The molecule has 4 rings (SSSR count). The maximum absolute atomic E-state index is 13.3. The molecule has 1 N–H and O–H groups in total. The molecule has 1 aliphatic heterocycles. The molecule has 6 heteroatoms. The van der Waals surface area contributed by atoms with Crippen LogP contribution in [0.4, 0.5) is 0 Å². The van der Waals surface area contributed by atoms with Gasteiger partial charge < -0.3 is 19.2 Å². The van der Waals surface area contributed by atoms with E-state index < -0.39 is 6.04 Å². The van der Waals surface area contributed by atoms with Crippen LogP contribution in [0.1, 0.15) is 39.7 Å². The van der Waals surface area contributed by atoms with E-state index in [4.69, 9.17) is 9.15 Å². The summed E-state index contributed by atoms with van der Waals surface area (Å²) < 4.78 is 11.1. The molecular weight excluding hydrogens is 358 g/mol. The van der Waals surface area contributed by atoms with Crippen molar-refractivity contribution in [2.24, 2.45) is 0 Å². The smallest absolute Gasteiger partial charge is 0.290 e. The van der Waals surface area contributed by atoms with Gasteiger partial charge in [0.05, 0.1) is 24.1 Å². The molecule has 1 aliphatic rings. The zero-order valence-electron chi connectivity index (χ0n) is 15.8. The van der Waals surface area contributed by atoms with Gasteiger partial charge in [-0.1, -0.05) is 23.8 Å². The number of ether oxygens (including phenoxy) is 1. The zero-order chi connectivity index (χ0) is 19.8. The van der Waals surface area contributed by atoms with Crippen molar-refractivity contribution < 1.29 is 19.1 Å². The molecule has 0 bridgehead atoms. The Balaban J connectivity index is 1.94. The lowest BCUT2D eigenvalue weighted by Crippen LogP contribution is -2.31. The first-order valence-electron chi connectivity index (χ1n) is 9.18. The van der Waals surface area contributed by atoms with E-state index in [2.05, 4.69) is 0 Å². The van der Waals surface area contributed by atoms with Gasteiger partial charge in [-0.05, 0) is 43.2 Å². The van der Waals surface area contributed by atoms with Gasteiger partial charge in [-0.25, -0.2) is 0 Å². The summed E-state index contributed by atoms with van der Waals surface area (Å²) in [6.07, 6.45) is 0.416. The first kappa shape index (κ1) is 18.3. The summed E-state index contributed by atoms with van der Waals surface area (Å²) in [4.78, 5) is 28.0. The molecule has 0 fully saturated rings. The number of aryl methyl sites for hydroxylation is 1. The Labute approximate surface area is 162 Å². The van der Waals surface area contributed by atoms with Gasteiger partial charge in [-0.15, -0.1) is 0 Å². The van der Waals surface area contributed by atoms with Crippen LogP contribution >= 0.6 is 0 Å². The van der Waals surface area contributed by atoms with E-state index in [0.29, 0.717) is 35.2 Å². The third kappa shape index (κ3) is 2.86. The van der Waals surface area contributed by atoms with Gasteiger partial charge >= 0.3 is 0 Å². The number of amides is 1. The van der Waals surface area contributed by atoms with E-state index in [9.17, 15) is 14.7 Å². The molecule has 1 atom stereocenters. The molecule has 3 aromatic rings. The van der Waals surface area contributed by atoms with Gasteiger partial charge in [0.15, 0.2) is 5.43 Å². The lowest BCUT2D eigenvalue weighted by atomic mass is 9.98. The third-order valence-corrected chi connectivity index (χ3v) is 5.11. The topological polar surface area (TPSA) is 80.0 Å². The number of aliphatic hydroxyl groups is 1. The summed E-state index contributed by atoms with van der Waals surface area (Å²) in [7, 11) is 1.58. The van der Waals surface area contributed by atoms with Crippen molar-refractivity contribution >= 4 is 16.9 Å². The van der Waals surface area contributed by atoms with Crippen molar-refractivity contribution in [3.8, 4) is 5.75 Å². The fourth-order valence-electron chi connectivity index (χ4n) is 3.74. The van der Waals surface area contributed by atoms with Gasteiger partial charge in [-0.2, -0.15) is 0 Å². The molecule has 1 aromatic heterocycles. The van der Waals surface area contributed by atoms with Crippen LogP contribution in [-0.2, 0) is 0 Å². The molecule has 144 valence electrons. The van der Waals surface area contributed by atoms with Gasteiger partial charge in [0.25, 0.3) is 5.91 Å². The van der Waals surface area contributed by atoms with Crippen LogP contribution in [0.25, 0.3) is 11.0 Å². The molecule has 0 radical (unpaired) electrons. The van der Waals surface area contributed by atoms with Crippen LogP contribution in [0.15, 0.2) is 51.7 Å². The summed E-state index contributed by atoms with van der Waals surface area (Å²) in [5, 5.41) is 9.72. The van der Waals surface area contributed by atoms with E-state index in [0.717, 1.165) is 11.1 Å². The fourth-order valence-corrected chi connectivity index (χ4v) is 3.74. The minimum absolute atomic E-state index is 0.0436. The Morgan fingerprint density at radius 1 is 1.14 bits per heavy atom. The summed E-state index contributed by atoms with van der Waals surface area (Å²) in [5.74, 6) is 0.445. The monoisotopic (exact) mass is 379 g/mol. The minimum atomic E-state index is -0.555. The Morgan fingerprint density at radius 3 is 2.57 bits per heavy atom. The third-order valence-electron chi connectivity index (χ3n) is 5.11. The van der Waals surface area contributed by atoms with Crippen molar-refractivity contribution in [2.75, 3.05) is 20.3 Å². The summed E-state index contributed by atoms with van der Waals surface area (Å²) in [5.41, 5.74) is 2.30. The van der Waals surface area contributed by atoms with Crippen LogP contribution in [0.5, 0.6) is 5.75 Å². The SMILES string of the molecule is COc1ccc([C@@H]2c3c(oc4ccc(C)cc4c3=O)C(=O)N2CCCO)cc1. The van der Waals surface area contributed by atoms with Crippen molar-refractivity contribution in [1.82, 2.24) is 4.90 Å². The predicted octanol–water partition coefficient (Wildman–Crippen LogP) is 3.04. The van der Waals surface area contributed by atoms with Crippen molar-refractivity contribution in [2.45, 2.75) is 19.4 Å². The molecule has 28 heavy (non-hydrogen) atoms. The maximum Gasteiger partial charge on any atom is 0.290 e. The standard InChI is InChI=1S/C22H21NO5/c1-13-4-9-17-16(12-13)20(25)18-19(14-5-7-15(27-2)8-6-14)23(10-3-11-24)22(26)21(18)28-17/h4-9,12,19,24H,3,10-11H2,1-2H3/t19-/m1/s1. The first-order valence-corrected chi connectivity index (χ1v) is 9.18. The number of benzene rings is 2. The lowest BCUT2D eigenvalue weighted by molar-refractivity contribution is 0.0716. The second kappa shape index (κ2) is 7.13. The number of carbonyl (C=O) groups excluding carboxylic acids is 1. The number of carbonyl (C=O) groups is 1. The van der Waals surface area contributed by atoms with Crippen LogP contribution in [0.2, 0.25) is 0 Å². The normalized spacial score (nSPS) is 15.9. The molecule has 0 saturated carbocycles. The maximum atomic E-state index is 13.3. The zero-order valence-corrected chi connectivity index (χ0v) is 15.8. The molecule has 6 nitrogen and oxygen atoms in total. The Bertz CT molecular complexity index is 1100. The highest BCUT2D eigenvalue weighted by Gasteiger charge is 2.42. The molecule has 0 saturated heterocycles. The van der Waals surface area contributed by atoms with Crippen LogP contribution < -0.4 is 10.2 Å². The van der Waals surface area contributed by atoms with E-state index in [1.807, 2.05) is 25.1 Å². The van der Waals surface area contributed by atoms with E-state index in [1.54, 1.807) is 36.3 Å². The number of hydrogen-bond donors (Lipinski definition) is 1. The summed E-state index contributed by atoms with van der Waals surface area (Å²) >= 11 is 0. The number of methoxy groups -OCH3 is 1. The quantitative estimate of drug-likeness (QED) is 0.737. The molecule has 0 spiro atoms. The molecule has 1 amide bonds. The van der Waals surface area contributed by atoms with Crippen LogP contribution in [0.3, 0.4) is 0 Å². The summed E-state index contributed by atoms with van der Waals surface area (Å²) in [6, 6.07) is 12.1. The highest BCUT2D eigenvalue weighted by Crippen LogP contribution is 2.38. The Morgan fingerprint density at radius 2 is 1.89 bits per heavy atom. The average Bonchev–Trinajstić information content (AvgIpc) is 2.99. The fraction of sp³-hybridized carbons (Fsp3) is 0.273. The molecule has 0 unspecified atom stereocenters.